The topological polar surface area (TPSA) is 114 Å². The fraction of sp³-hybridized carbons (Fsp3) is 0.385. The first kappa shape index (κ1) is 24.5. The molecule has 3 aromatic rings. The van der Waals surface area contributed by atoms with Crippen LogP contribution in [0, 0.1) is 12.3 Å². The summed E-state index contributed by atoms with van der Waals surface area (Å²) in [5.74, 6) is 1.18. The Kier molecular flexibility index (Phi) is 7.08. The molecule has 0 spiro atoms. The van der Waals surface area contributed by atoms with Crippen molar-refractivity contribution in [3.63, 3.8) is 0 Å². The zero-order chi connectivity index (χ0) is 25.1. The molecule has 3 N–H and O–H groups in total. The molecule has 5 rings (SSSR count). The molecule has 0 bridgehead atoms. The molecule has 0 aliphatic carbocycles. The lowest BCUT2D eigenvalue weighted by Crippen LogP contribution is -2.40. The number of hydrogen-bond acceptors (Lipinski definition) is 7. The van der Waals surface area contributed by atoms with E-state index in [9.17, 15) is 0 Å². The maximum Gasteiger partial charge on any atom is 0.123 e. The number of hydrogen-bond donors (Lipinski definition) is 2. The Morgan fingerprint density at radius 3 is 2.83 bits per heavy atom. The molecule has 2 atom stereocenters. The summed E-state index contributed by atoms with van der Waals surface area (Å²) < 4.78 is 13.4. The van der Waals surface area contributed by atoms with Crippen LogP contribution in [0.3, 0.4) is 0 Å². The molecular formula is C26H31N7O2S. The lowest BCUT2D eigenvalue weighted by Gasteiger charge is -2.28. The Morgan fingerprint density at radius 2 is 2.08 bits per heavy atom. The molecule has 2 aliphatic rings. The van der Waals surface area contributed by atoms with Crippen molar-refractivity contribution < 1.29 is 9.47 Å². The van der Waals surface area contributed by atoms with E-state index in [1.165, 1.54) is 0 Å². The monoisotopic (exact) mass is 505 g/mol. The Hall–Kier alpha value is -3.21. The molecule has 0 radical (unpaired) electrons. The highest BCUT2D eigenvalue weighted by atomic mass is 32.2. The highest BCUT2D eigenvalue weighted by Crippen LogP contribution is 2.46. The molecule has 0 saturated carbocycles. The lowest BCUT2D eigenvalue weighted by atomic mass is 9.88. The largest absolute Gasteiger partial charge is 0.492 e. The minimum Gasteiger partial charge on any atom is -0.492 e. The summed E-state index contributed by atoms with van der Waals surface area (Å²) in [7, 11) is 0. The quantitative estimate of drug-likeness (QED) is 0.359. The molecule has 1 aromatic carbocycles. The van der Waals surface area contributed by atoms with Gasteiger partial charge in [-0.15, -0.1) is 0 Å². The number of nitrogens with two attached hydrogens (primary N) is 1. The highest BCUT2D eigenvalue weighted by molar-refractivity contribution is 8.15. The number of ether oxygens (including phenoxy) is 2. The number of aromatic nitrogens is 2. The van der Waals surface area contributed by atoms with Gasteiger partial charge in [0.2, 0.25) is 0 Å². The standard InChI is InChI=1S/C26H31N7O2S/c1-18-22(21-16-20(8-9-33(21)31-18)35-15-12-32-10-13-34-14-11-32)25-30-26(2,19-6-4-3-5-7-19)23(36-25)24(28)29-17-27/h3-9,16-17,23H,10-15H2,1-2H3,(H3,27,28,29). The van der Waals surface area contributed by atoms with Crippen LogP contribution >= 0.6 is 11.8 Å². The number of nitrogens with zero attached hydrogens (tertiary/aromatic N) is 5. The molecule has 2 unspecified atom stereocenters. The number of benzene rings is 1. The van der Waals surface area contributed by atoms with E-state index in [0.717, 1.165) is 72.3 Å². The first-order chi connectivity index (χ1) is 17.5. The van der Waals surface area contributed by atoms with Crippen molar-refractivity contribution in [2.75, 3.05) is 39.5 Å². The lowest BCUT2D eigenvalue weighted by molar-refractivity contribution is 0.0322. The van der Waals surface area contributed by atoms with Crippen molar-refractivity contribution in [3.8, 4) is 5.75 Å². The Morgan fingerprint density at radius 1 is 1.31 bits per heavy atom. The molecule has 36 heavy (non-hydrogen) atoms. The number of pyridine rings is 1. The van der Waals surface area contributed by atoms with Gasteiger partial charge in [-0.1, -0.05) is 42.1 Å². The number of thioether (sulfide) groups is 1. The Balaban J connectivity index is 1.46. The molecular weight excluding hydrogens is 474 g/mol. The molecule has 2 aromatic heterocycles. The average Bonchev–Trinajstić information content (AvgIpc) is 3.41. The SMILES string of the molecule is Cc1nn2ccc(OCCN3CCOCC3)cc2c1C1=NC(C)(c2ccccc2)C(C(N)=NC=N)S1. The van der Waals surface area contributed by atoms with Crippen molar-refractivity contribution >= 4 is 34.5 Å². The minimum absolute atomic E-state index is 0.251. The number of rotatable bonds is 8. The fourth-order valence-electron chi connectivity index (χ4n) is 4.73. The number of morpholine rings is 1. The van der Waals surface area contributed by atoms with Crippen LogP contribution in [0.2, 0.25) is 0 Å². The van der Waals surface area contributed by atoms with Gasteiger partial charge in [-0.25, -0.2) is 9.51 Å². The second kappa shape index (κ2) is 10.4. The predicted molar refractivity (Wildman–Crippen MR) is 145 cm³/mol. The van der Waals surface area contributed by atoms with Crippen molar-refractivity contribution in [2.24, 2.45) is 15.7 Å². The fourth-order valence-corrected chi connectivity index (χ4v) is 6.17. The van der Waals surface area contributed by atoms with Gasteiger partial charge in [-0.2, -0.15) is 5.10 Å². The molecule has 1 fully saturated rings. The van der Waals surface area contributed by atoms with E-state index in [2.05, 4.69) is 28.9 Å². The van der Waals surface area contributed by atoms with Crippen LogP contribution in [0.25, 0.3) is 5.52 Å². The maximum absolute atomic E-state index is 7.43. The van der Waals surface area contributed by atoms with Gasteiger partial charge < -0.3 is 15.2 Å². The van der Waals surface area contributed by atoms with Gasteiger partial charge in [0.25, 0.3) is 0 Å². The summed E-state index contributed by atoms with van der Waals surface area (Å²) in [6.07, 6.45) is 2.91. The Bertz CT molecular complexity index is 1300. The Labute approximate surface area is 214 Å². The van der Waals surface area contributed by atoms with E-state index in [4.69, 9.17) is 30.7 Å². The van der Waals surface area contributed by atoms with Gasteiger partial charge in [0.15, 0.2) is 0 Å². The highest BCUT2D eigenvalue weighted by Gasteiger charge is 2.45. The van der Waals surface area contributed by atoms with E-state index in [0.29, 0.717) is 12.4 Å². The summed E-state index contributed by atoms with van der Waals surface area (Å²) in [5, 5.41) is 12.8. The smallest absolute Gasteiger partial charge is 0.123 e. The molecule has 9 nitrogen and oxygen atoms in total. The van der Waals surface area contributed by atoms with E-state index >= 15 is 0 Å². The number of aliphatic imine (C=N–C) groups is 2. The van der Waals surface area contributed by atoms with Crippen LogP contribution in [-0.2, 0) is 10.3 Å². The third-order valence-corrected chi connectivity index (χ3v) is 8.14. The minimum atomic E-state index is -0.634. The summed E-state index contributed by atoms with van der Waals surface area (Å²) in [6, 6.07) is 14.1. The van der Waals surface area contributed by atoms with E-state index in [-0.39, 0.29) is 5.25 Å². The van der Waals surface area contributed by atoms with Gasteiger partial charge in [-0.3, -0.25) is 15.3 Å². The predicted octanol–water partition coefficient (Wildman–Crippen LogP) is 3.10. The summed E-state index contributed by atoms with van der Waals surface area (Å²) in [5.41, 5.74) is 9.55. The van der Waals surface area contributed by atoms with Crippen LogP contribution in [0.5, 0.6) is 5.75 Å². The molecule has 4 heterocycles. The molecule has 188 valence electrons. The molecule has 0 amide bonds. The van der Waals surface area contributed by atoms with Crippen LogP contribution < -0.4 is 10.5 Å². The summed E-state index contributed by atoms with van der Waals surface area (Å²) in [4.78, 5) is 11.7. The van der Waals surface area contributed by atoms with Crippen molar-refractivity contribution in [1.82, 2.24) is 14.5 Å². The second-order valence-electron chi connectivity index (χ2n) is 9.07. The third-order valence-electron chi connectivity index (χ3n) is 6.69. The van der Waals surface area contributed by atoms with Gasteiger partial charge in [0.05, 0.1) is 35.2 Å². The van der Waals surface area contributed by atoms with Gasteiger partial charge in [-0.05, 0) is 25.5 Å². The van der Waals surface area contributed by atoms with Crippen molar-refractivity contribution in [3.05, 3.63) is 65.5 Å². The second-order valence-corrected chi connectivity index (χ2v) is 10.2. The number of nitrogens with one attached hydrogen (secondary N) is 1. The first-order valence-corrected chi connectivity index (χ1v) is 12.9. The summed E-state index contributed by atoms with van der Waals surface area (Å²) in [6.45, 7) is 8.98. The van der Waals surface area contributed by atoms with Gasteiger partial charge in [0, 0.05) is 31.9 Å². The normalized spacial score (nSPS) is 23.1. The van der Waals surface area contributed by atoms with Crippen LogP contribution in [0.15, 0.2) is 58.6 Å². The zero-order valence-corrected chi connectivity index (χ0v) is 21.4. The molecule has 1 saturated heterocycles. The zero-order valence-electron chi connectivity index (χ0n) is 20.6. The average molecular weight is 506 g/mol. The van der Waals surface area contributed by atoms with Gasteiger partial charge in [0.1, 0.15) is 35.1 Å². The molecule has 2 aliphatic heterocycles. The van der Waals surface area contributed by atoms with E-state index < -0.39 is 5.54 Å². The van der Waals surface area contributed by atoms with E-state index in [1.54, 1.807) is 11.8 Å². The number of aryl methyl sites for hydroxylation is 1. The molecule has 10 heteroatoms. The van der Waals surface area contributed by atoms with Crippen molar-refractivity contribution in [1.29, 1.82) is 5.41 Å². The summed E-state index contributed by atoms with van der Waals surface area (Å²) >= 11 is 1.57. The third kappa shape index (κ3) is 4.76. The van der Waals surface area contributed by atoms with Crippen LogP contribution in [-0.4, -0.2) is 76.4 Å². The van der Waals surface area contributed by atoms with E-state index in [1.807, 2.05) is 48.0 Å². The number of fused-ring (bicyclic) bond motifs is 1. The van der Waals surface area contributed by atoms with Crippen LogP contribution in [0.1, 0.15) is 23.7 Å². The van der Waals surface area contributed by atoms with Crippen molar-refractivity contribution in [2.45, 2.75) is 24.6 Å². The van der Waals surface area contributed by atoms with Crippen LogP contribution in [0.4, 0.5) is 0 Å². The maximum atomic E-state index is 7.43. The first-order valence-electron chi connectivity index (χ1n) is 12.1. The van der Waals surface area contributed by atoms with Gasteiger partial charge >= 0.3 is 0 Å². The number of amidine groups is 1.